The number of halogens is 2. The van der Waals surface area contributed by atoms with Crippen molar-refractivity contribution in [3.05, 3.63) is 53.6 Å². The molecule has 0 radical (unpaired) electrons. The maximum Gasteiger partial charge on any atom is 0.337 e. The van der Waals surface area contributed by atoms with Crippen LogP contribution in [0, 0.1) is 11.6 Å². The molecular weight excluding hydrogens is 398 g/mol. The molecule has 10 heteroatoms. The zero-order valence-corrected chi connectivity index (χ0v) is 15.6. The maximum atomic E-state index is 13.8. The average Bonchev–Trinajstić information content (AvgIpc) is 2.64. The number of nitrogens with zero attached hydrogens (tertiary/aromatic N) is 1. The molecule has 6 nitrogen and oxygen atoms in total. The summed E-state index contributed by atoms with van der Waals surface area (Å²) in [6.45, 7) is 1.37. The van der Waals surface area contributed by atoms with Gasteiger partial charge in [-0.1, -0.05) is 0 Å². The van der Waals surface area contributed by atoms with Crippen LogP contribution in [-0.4, -0.2) is 44.1 Å². The van der Waals surface area contributed by atoms with Gasteiger partial charge in [0, 0.05) is 30.3 Å². The van der Waals surface area contributed by atoms with E-state index in [0.717, 1.165) is 17.6 Å². The van der Waals surface area contributed by atoms with E-state index in [1.54, 1.807) is 11.8 Å². The van der Waals surface area contributed by atoms with Crippen molar-refractivity contribution in [2.24, 2.45) is 0 Å². The van der Waals surface area contributed by atoms with E-state index in [4.69, 9.17) is 0 Å². The van der Waals surface area contributed by atoms with Crippen molar-refractivity contribution >= 4 is 39.1 Å². The molecule has 0 saturated carbocycles. The molecule has 0 amide bonds. The van der Waals surface area contributed by atoms with Gasteiger partial charge in [-0.25, -0.2) is 22.0 Å². The highest BCUT2D eigenvalue weighted by Crippen LogP contribution is 2.28. The summed E-state index contributed by atoms with van der Waals surface area (Å²) in [4.78, 5) is 12.7. The number of rotatable bonds is 5. The quantitative estimate of drug-likeness (QED) is 0.782. The fraction of sp³-hybridized carbons (Fsp3) is 0.235. The molecule has 2 N–H and O–H groups in total. The third kappa shape index (κ3) is 4.33. The second-order valence-electron chi connectivity index (χ2n) is 5.82. The van der Waals surface area contributed by atoms with E-state index in [9.17, 15) is 27.1 Å². The lowest BCUT2D eigenvalue weighted by Gasteiger charge is -2.29. The summed E-state index contributed by atoms with van der Waals surface area (Å²) >= 11 is 1.77. The Morgan fingerprint density at radius 2 is 1.81 bits per heavy atom. The Morgan fingerprint density at radius 3 is 2.48 bits per heavy atom. The molecule has 1 fully saturated rings. The Balaban J connectivity index is 1.94. The van der Waals surface area contributed by atoms with Crippen molar-refractivity contribution in [2.45, 2.75) is 4.90 Å². The predicted molar refractivity (Wildman–Crippen MR) is 100 cm³/mol. The van der Waals surface area contributed by atoms with E-state index in [1.807, 2.05) is 4.90 Å². The number of carboxylic acids is 1. The Morgan fingerprint density at radius 1 is 1.11 bits per heavy atom. The normalized spacial score (nSPS) is 14.8. The minimum Gasteiger partial charge on any atom is -0.478 e. The first-order valence-electron chi connectivity index (χ1n) is 7.96. The first-order chi connectivity index (χ1) is 12.8. The molecule has 0 spiro atoms. The number of aromatic carboxylic acids is 1. The van der Waals surface area contributed by atoms with Crippen LogP contribution in [0.5, 0.6) is 0 Å². The molecule has 1 heterocycles. The number of hydrogen-bond acceptors (Lipinski definition) is 5. The molecular formula is C17H16F2N2O4S2. The third-order valence-corrected chi connectivity index (χ3v) is 6.35. The predicted octanol–water partition coefficient (Wildman–Crippen LogP) is 3.02. The van der Waals surface area contributed by atoms with Crippen molar-refractivity contribution in [2.75, 3.05) is 34.2 Å². The maximum absolute atomic E-state index is 13.8. The number of carbonyl (C=O) groups is 1. The molecule has 2 aromatic rings. The second-order valence-corrected chi connectivity index (χ2v) is 8.69. The van der Waals surface area contributed by atoms with Gasteiger partial charge in [0.2, 0.25) is 0 Å². The highest BCUT2D eigenvalue weighted by Gasteiger charge is 2.23. The van der Waals surface area contributed by atoms with Crippen molar-refractivity contribution < 1.29 is 27.1 Å². The molecule has 1 aliphatic rings. The zero-order chi connectivity index (χ0) is 19.6. The van der Waals surface area contributed by atoms with Gasteiger partial charge < -0.3 is 10.0 Å². The van der Waals surface area contributed by atoms with Crippen LogP contribution in [0.1, 0.15) is 10.4 Å². The van der Waals surface area contributed by atoms with Crippen LogP contribution in [-0.2, 0) is 10.0 Å². The number of anilines is 2. The van der Waals surface area contributed by atoms with Crippen molar-refractivity contribution in [3.8, 4) is 0 Å². The summed E-state index contributed by atoms with van der Waals surface area (Å²) in [5, 5.41) is 9.50. The second kappa shape index (κ2) is 7.73. The first kappa shape index (κ1) is 19.4. The summed E-state index contributed by atoms with van der Waals surface area (Å²) in [5.41, 5.74) is 0.371. The summed E-state index contributed by atoms with van der Waals surface area (Å²) in [7, 11) is -4.42. The Hall–Kier alpha value is -2.33. The lowest BCUT2D eigenvalue weighted by atomic mass is 10.1. The SMILES string of the molecule is O=C(O)c1cc(NS(=O)(=O)c2cc(F)ccc2F)ccc1N1CCSCC1. The molecule has 0 bridgehead atoms. The summed E-state index contributed by atoms with van der Waals surface area (Å²) in [5.74, 6) is -1.48. The number of hydrogen-bond donors (Lipinski definition) is 2. The van der Waals surface area contributed by atoms with Crippen LogP contribution in [0.15, 0.2) is 41.3 Å². The topological polar surface area (TPSA) is 86.7 Å². The largest absolute Gasteiger partial charge is 0.478 e. The molecule has 1 aliphatic heterocycles. The fourth-order valence-corrected chi connectivity index (χ4v) is 4.79. The monoisotopic (exact) mass is 414 g/mol. The van der Waals surface area contributed by atoms with Crippen LogP contribution in [0.2, 0.25) is 0 Å². The lowest BCUT2D eigenvalue weighted by molar-refractivity contribution is 0.0697. The highest BCUT2D eigenvalue weighted by atomic mass is 32.2. The van der Waals surface area contributed by atoms with Crippen molar-refractivity contribution in [3.63, 3.8) is 0 Å². The van der Waals surface area contributed by atoms with E-state index in [-0.39, 0.29) is 11.3 Å². The Kier molecular flexibility index (Phi) is 5.56. The first-order valence-corrected chi connectivity index (χ1v) is 10.6. The number of thioether (sulfide) groups is 1. The summed E-state index contributed by atoms with van der Waals surface area (Å²) in [6, 6.07) is 6.17. The zero-order valence-electron chi connectivity index (χ0n) is 14.0. The van der Waals surface area contributed by atoms with Crippen LogP contribution >= 0.6 is 11.8 Å². The van der Waals surface area contributed by atoms with Crippen LogP contribution in [0.25, 0.3) is 0 Å². The van der Waals surface area contributed by atoms with E-state index in [2.05, 4.69) is 4.72 Å². The molecule has 27 heavy (non-hydrogen) atoms. The highest BCUT2D eigenvalue weighted by molar-refractivity contribution is 7.99. The Labute approximate surface area is 159 Å². The number of carboxylic acid groups (broad SMARTS) is 1. The average molecular weight is 414 g/mol. The van der Waals surface area contributed by atoms with Gasteiger partial charge in [-0.05, 0) is 36.4 Å². The van der Waals surface area contributed by atoms with E-state index in [0.29, 0.717) is 30.9 Å². The lowest BCUT2D eigenvalue weighted by Crippen LogP contribution is -2.33. The van der Waals surface area contributed by atoms with E-state index in [1.165, 1.54) is 18.2 Å². The van der Waals surface area contributed by atoms with Crippen LogP contribution < -0.4 is 9.62 Å². The number of nitrogens with one attached hydrogen (secondary N) is 1. The van der Waals surface area contributed by atoms with Gasteiger partial charge in [-0.15, -0.1) is 0 Å². The van der Waals surface area contributed by atoms with Crippen LogP contribution in [0.4, 0.5) is 20.2 Å². The summed E-state index contributed by atoms with van der Waals surface area (Å²) < 4.78 is 53.9. The number of sulfonamides is 1. The van der Waals surface area contributed by atoms with Gasteiger partial charge in [0.1, 0.15) is 16.5 Å². The molecule has 3 rings (SSSR count). The van der Waals surface area contributed by atoms with Crippen molar-refractivity contribution in [1.82, 2.24) is 0 Å². The van der Waals surface area contributed by atoms with Gasteiger partial charge in [0.25, 0.3) is 10.0 Å². The van der Waals surface area contributed by atoms with Gasteiger partial charge in [-0.2, -0.15) is 11.8 Å². The molecule has 2 aromatic carbocycles. The minimum absolute atomic E-state index is 0.0498. The molecule has 144 valence electrons. The van der Waals surface area contributed by atoms with Gasteiger partial charge in [-0.3, -0.25) is 4.72 Å². The van der Waals surface area contributed by atoms with Crippen LogP contribution in [0.3, 0.4) is 0 Å². The van der Waals surface area contributed by atoms with Gasteiger partial charge >= 0.3 is 5.97 Å². The molecule has 0 aromatic heterocycles. The molecule has 0 aliphatic carbocycles. The summed E-state index contributed by atoms with van der Waals surface area (Å²) in [6.07, 6.45) is 0. The number of benzene rings is 2. The van der Waals surface area contributed by atoms with Gasteiger partial charge in [0.05, 0.1) is 11.3 Å². The molecule has 0 unspecified atom stereocenters. The smallest absolute Gasteiger partial charge is 0.337 e. The molecule has 1 saturated heterocycles. The minimum atomic E-state index is -4.42. The fourth-order valence-electron chi connectivity index (χ4n) is 2.74. The Bertz CT molecular complexity index is 977. The molecule has 0 atom stereocenters. The van der Waals surface area contributed by atoms with Crippen molar-refractivity contribution in [1.29, 1.82) is 0 Å². The van der Waals surface area contributed by atoms with E-state index < -0.39 is 32.5 Å². The van der Waals surface area contributed by atoms with E-state index >= 15 is 0 Å². The third-order valence-electron chi connectivity index (χ3n) is 4.01. The standard InChI is InChI=1S/C17H16F2N2O4S2/c18-11-1-3-14(19)16(9-11)27(24,25)20-12-2-4-15(13(10-12)17(22)23)21-5-7-26-8-6-21/h1-4,9-10,20H,5-8H2,(H,22,23). The van der Waals surface area contributed by atoms with Gasteiger partial charge in [0.15, 0.2) is 0 Å².